The van der Waals surface area contributed by atoms with Gasteiger partial charge in [-0.2, -0.15) is 11.3 Å². The molecule has 2 aromatic rings. The fourth-order valence-electron chi connectivity index (χ4n) is 2.64. The summed E-state index contributed by atoms with van der Waals surface area (Å²) in [5, 5.41) is 4.13. The maximum Gasteiger partial charge on any atom is 0.255 e. The van der Waals surface area contributed by atoms with Gasteiger partial charge in [-0.05, 0) is 69.4 Å². The molecule has 1 aromatic heterocycles. The Kier molecular flexibility index (Phi) is 3.89. The average molecular weight is 354 g/mol. The Morgan fingerprint density at radius 2 is 2.25 bits per heavy atom. The molecule has 0 radical (unpaired) electrons. The van der Waals surface area contributed by atoms with Crippen molar-refractivity contribution in [1.29, 1.82) is 0 Å². The van der Waals surface area contributed by atoms with Crippen LogP contribution in [0.4, 0.5) is 4.39 Å². The molecule has 2 nitrogen and oxygen atoms in total. The summed E-state index contributed by atoms with van der Waals surface area (Å²) in [5.74, 6) is -0.380. The first kappa shape index (κ1) is 13.8. The summed E-state index contributed by atoms with van der Waals surface area (Å²) in [6.45, 7) is 0.753. The van der Waals surface area contributed by atoms with E-state index in [0.29, 0.717) is 10.0 Å². The van der Waals surface area contributed by atoms with E-state index in [0.717, 1.165) is 19.4 Å². The molecule has 20 heavy (non-hydrogen) atoms. The SMILES string of the molecule is O=C(c1ccc(F)cc1Br)N1CCCC1c1ccsc1. The molecule has 1 aliphatic rings. The topological polar surface area (TPSA) is 20.3 Å². The molecule has 2 heterocycles. The third-order valence-corrected chi connectivity index (χ3v) is 4.96. The van der Waals surface area contributed by atoms with Crippen LogP contribution in [0.25, 0.3) is 0 Å². The fourth-order valence-corrected chi connectivity index (χ4v) is 3.87. The summed E-state index contributed by atoms with van der Waals surface area (Å²) in [4.78, 5) is 14.6. The number of benzene rings is 1. The third kappa shape index (κ3) is 2.52. The van der Waals surface area contributed by atoms with Crippen LogP contribution >= 0.6 is 27.3 Å². The smallest absolute Gasteiger partial charge is 0.255 e. The summed E-state index contributed by atoms with van der Waals surface area (Å²) in [7, 11) is 0. The summed E-state index contributed by atoms with van der Waals surface area (Å²) in [5.41, 5.74) is 1.72. The summed E-state index contributed by atoms with van der Waals surface area (Å²) < 4.78 is 13.6. The van der Waals surface area contributed by atoms with Crippen molar-refractivity contribution >= 4 is 33.2 Å². The first-order chi connectivity index (χ1) is 9.66. The van der Waals surface area contributed by atoms with Crippen LogP contribution in [-0.4, -0.2) is 17.4 Å². The van der Waals surface area contributed by atoms with Crippen molar-refractivity contribution in [1.82, 2.24) is 4.90 Å². The normalized spacial score (nSPS) is 18.5. The minimum absolute atomic E-state index is 0.0365. The van der Waals surface area contributed by atoms with Crippen LogP contribution in [0.2, 0.25) is 0 Å². The van der Waals surface area contributed by atoms with Gasteiger partial charge in [0, 0.05) is 11.0 Å². The summed E-state index contributed by atoms with van der Waals surface area (Å²) in [6.07, 6.45) is 1.99. The van der Waals surface area contributed by atoms with Crippen molar-refractivity contribution in [3.63, 3.8) is 0 Å². The van der Waals surface area contributed by atoms with Crippen LogP contribution in [0.1, 0.15) is 34.8 Å². The maximum atomic E-state index is 13.1. The number of rotatable bonds is 2. The number of carbonyl (C=O) groups is 1. The van der Waals surface area contributed by atoms with E-state index in [4.69, 9.17) is 0 Å². The molecule has 0 bridgehead atoms. The Bertz CT molecular complexity index is 629. The Morgan fingerprint density at radius 3 is 2.95 bits per heavy atom. The van der Waals surface area contributed by atoms with Gasteiger partial charge in [-0.25, -0.2) is 4.39 Å². The lowest BCUT2D eigenvalue weighted by molar-refractivity contribution is 0.0735. The molecular weight excluding hydrogens is 341 g/mol. The molecule has 1 unspecified atom stereocenters. The van der Waals surface area contributed by atoms with Crippen LogP contribution in [0.3, 0.4) is 0 Å². The molecule has 104 valence electrons. The minimum atomic E-state index is -0.343. The quantitative estimate of drug-likeness (QED) is 0.770. The Balaban J connectivity index is 1.89. The molecule has 0 aliphatic carbocycles. The number of nitrogens with zero attached hydrogens (tertiary/aromatic N) is 1. The molecular formula is C15H13BrFNOS. The largest absolute Gasteiger partial charge is 0.332 e. The molecule has 1 amide bonds. The van der Waals surface area contributed by atoms with Crippen LogP contribution in [0.5, 0.6) is 0 Å². The zero-order valence-electron chi connectivity index (χ0n) is 10.7. The number of hydrogen-bond acceptors (Lipinski definition) is 2. The first-order valence-electron chi connectivity index (χ1n) is 6.45. The van der Waals surface area contributed by atoms with Gasteiger partial charge in [0.05, 0.1) is 11.6 Å². The number of amides is 1. The molecule has 1 aliphatic heterocycles. The lowest BCUT2D eigenvalue weighted by Crippen LogP contribution is -2.30. The Hall–Kier alpha value is -1.20. The molecule has 1 saturated heterocycles. The molecule has 1 aromatic carbocycles. The highest BCUT2D eigenvalue weighted by atomic mass is 79.9. The monoisotopic (exact) mass is 353 g/mol. The van der Waals surface area contributed by atoms with E-state index < -0.39 is 0 Å². The molecule has 0 N–H and O–H groups in total. The van der Waals surface area contributed by atoms with Crippen molar-refractivity contribution in [2.45, 2.75) is 18.9 Å². The van der Waals surface area contributed by atoms with Gasteiger partial charge in [-0.1, -0.05) is 0 Å². The van der Waals surface area contributed by atoms with E-state index in [2.05, 4.69) is 27.4 Å². The van der Waals surface area contributed by atoms with Gasteiger partial charge in [0.2, 0.25) is 0 Å². The van der Waals surface area contributed by atoms with Crippen molar-refractivity contribution in [2.75, 3.05) is 6.54 Å². The fraction of sp³-hybridized carbons (Fsp3) is 0.267. The average Bonchev–Trinajstić information content (AvgIpc) is 3.09. The second-order valence-electron chi connectivity index (χ2n) is 4.84. The lowest BCUT2D eigenvalue weighted by atomic mass is 10.1. The third-order valence-electron chi connectivity index (χ3n) is 3.60. The van der Waals surface area contributed by atoms with E-state index in [1.165, 1.54) is 17.7 Å². The van der Waals surface area contributed by atoms with Crippen molar-refractivity contribution in [3.05, 3.63) is 56.4 Å². The van der Waals surface area contributed by atoms with Gasteiger partial charge in [0.1, 0.15) is 5.82 Å². The zero-order chi connectivity index (χ0) is 14.1. The van der Waals surface area contributed by atoms with Crippen LogP contribution < -0.4 is 0 Å². The molecule has 3 rings (SSSR count). The van der Waals surface area contributed by atoms with Crippen molar-refractivity contribution in [3.8, 4) is 0 Å². The molecule has 1 fully saturated rings. The maximum absolute atomic E-state index is 13.1. The number of thiophene rings is 1. The summed E-state index contributed by atoms with van der Waals surface area (Å²) >= 11 is 4.92. The van der Waals surface area contributed by atoms with Crippen molar-refractivity contribution in [2.24, 2.45) is 0 Å². The number of carbonyl (C=O) groups excluding carboxylic acids is 1. The second kappa shape index (κ2) is 5.66. The summed E-state index contributed by atoms with van der Waals surface area (Å²) in [6, 6.07) is 6.42. The van der Waals surface area contributed by atoms with Gasteiger partial charge in [0.15, 0.2) is 0 Å². The predicted octanol–water partition coefficient (Wildman–Crippen LogP) is 4.63. The van der Waals surface area contributed by atoms with Crippen LogP contribution in [-0.2, 0) is 0 Å². The van der Waals surface area contributed by atoms with Gasteiger partial charge in [-0.15, -0.1) is 0 Å². The lowest BCUT2D eigenvalue weighted by Gasteiger charge is -2.24. The second-order valence-corrected chi connectivity index (χ2v) is 6.47. The Labute approximate surface area is 129 Å². The van der Waals surface area contributed by atoms with E-state index in [-0.39, 0.29) is 17.8 Å². The molecule has 1 atom stereocenters. The predicted molar refractivity (Wildman–Crippen MR) is 81.4 cm³/mol. The van der Waals surface area contributed by atoms with Gasteiger partial charge < -0.3 is 4.90 Å². The number of hydrogen-bond donors (Lipinski definition) is 0. The standard InChI is InChI=1S/C15H13BrFNOS/c16-13-8-11(17)3-4-12(13)15(19)18-6-1-2-14(18)10-5-7-20-9-10/h3-5,7-9,14H,1-2,6H2. The highest BCUT2D eigenvalue weighted by molar-refractivity contribution is 9.10. The van der Waals surface area contributed by atoms with Gasteiger partial charge in [-0.3, -0.25) is 4.79 Å². The van der Waals surface area contributed by atoms with Gasteiger partial charge in [0.25, 0.3) is 5.91 Å². The number of likely N-dealkylation sites (tertiary alicyclic amines) is 1. The van der Waals surface area contributed by atoms with E-state index >= 15 is 0 Å². The highest BCUT2D eigenvalue weighted by Crippen LogP contribution is 2.35. The zero-order valence-corrected chi connectivity index (χ0v) is 13.1. The molecule has 0 spiro atoms. The minimum Gasteiger partial charge on any atom is -0.332 e. The van der Waals surface area contributed by atoms with E-state index in [1.807, 2.05) is 10.3 Å². The van der Waals surface area contributed by atoms with E-state index in [1.54, 1.807) is 17.4 Å². The molecule has 5 heteroatoms. The molecule has 0 saturated carbocycles. The highest BCUT2D eigenvalue weighted by Gasteiger charge is 2.31. The Morgan fingerprint density at radius 1 is 1.40 bits per heavy atom. The van der Waals surface area contributed by atoms with Gasteiger partial charge >= 0.3 is 0 Å². The van der Waals surface area contributed by atoms with Crippen LogP contribution in [0, 0.1) is 5.82 Å². The first-order valence-corrected chi connectivity index (χ1v) is 8.18. The number of halogens is 2. The van der Waals surface area contributed by atoms with Crippen molar-refractivity contribution < 1.29 is 9.18 Å². The van der Waals surface area contributed by atoms with E-state index in [9.17, 15) is 9.18 Å². The van der Waals surface area contributed by atoms with Crippen LogP contribution in [0.15, 0.2) is 39.5 Å².